The van der Waals surface area contributed by atoms with Gasteiger partial charge in [-0.2, -0.15) is 26.3 Å². The third-order valence-corrected chi connectivity index (χ3v) is 1.99. The molecule has 0 aromatic heterocycles. The molecule has 0 heterocycles. The molecule has 0 atom stereocenters. The molecule has 0 fully saturated rings. The third kappa shape index (κ3) is 36.9. The molecule has 12 nitrogen and oxygen atoms in total. The minimum absolute atomic E-state index is 0. The van der Waals surface area contributed by atoms with E-state index in [0.717, 1.165) is 6.61 Å². The summed E-state index contributed by atoms with van der Waals surface area (Å²) in [6.45, 7) is 5.97. The molecule has 0 aliphatic carbocycles. The first-order valence-electron chi connectivity index (χ1n) is 4.18. The van der Waals surface area contributed by atoms with E-state index in [1.807, 2.05) is 6.92 Å². The standard InChI is InChI=1S/C4H8O.2CHF3O3S.5H3N.Os/c1-3-5-4-2;2*2-1(3,4)8(5,6)7;;;;;;/h3H,1,4H2,2H3;2*(H,5,6,7);5*1H3;/q;;;;;;;;+2/p-2. The van der Waals surface area contributed by atoms with Gasteiger partial charge in [0.25, 0.3) is 0 Å². The summed E-state index contributed by atoms with van der Waals surface area (Å²) in [5.41, 5.74) is -11.3. The van der Waals surface area contributed by atoms with E-state index in [1.165, 1.54) is 6.26 Å². The number of hydrogen-bond donors (Lipinski definition) is 5. The van der Waals surface area contributed by atoms with Crippen LogP contribution in [0.1, 0.15) is 6.92 Å². The molecule has 0 unspecified atom stereocenters. The van der Waals surface area contributed by atoms with E-state index in [4.69, 9.17) is 25.9 Å². The Hall–Kier alpha value is -0.624. The van der Waals surface area contributed by atoms with E-state index < -0.39 is 31.3 Å². The Bertz CT molecular complexity index is 471. The average Bonchev–Trinajstić information content (AvgIpc) is 2.13. The second-order valence-corrected chi connectivity index (χ2v) is 5.16. The normalized spacial score (nSPS) is 9.52. The van der Waals surface area contributed by atoms with Gasteiger partial charge >= 0.3 is 30.8 Å². The molecule has 15 N–H and O–H groups in total. The monoisotopic (exact) mass is 647 g/mol. The maximum atomic E-state index is 10.7. The quantitative estimate of drug-likeness (QED) is 0.125. The fraction of sp³-hybridized carbons (Fsp3) is 0.667. The Balaban J connectivity index is -0.0000000236. The van der Waals surface area contributed by atoms with Gasteiger partial charge in [0.15, 0.2) is 20.2 Å². The van der Waals surface area contributed by atoms with Crippen LogP contribution in [-0.2, 0) is 44.8 Å². The summed E-state index contributed by atoms with van der Waals surface area (Å²) in [5.74, 6) is 0. The zero-order valence-corrected chi connectivity index (χ0v) is 18.0. The first-order valence-corrected chi connectivity index (χ1v) is 7.00. The van der Waals surface area contributed by atoms with Gasteiger partial charge in [0.2, 0.25) is 0 Å². The predicted octanol–water partition coefficient (Wildman–Crippen LogP) is 2.08. The van der Waals surface area contributed by atoms with Gasteiger partial charge in [-0.15, -0.1) is 0 Å². The molecule has 176 valence electrons. The molecule has 0 spiro atoms. The molecule has 21 heteroatoms. The minimum atomic E-state index is -6.09. The topological polar surface area (TPSA) is 299 Å². The molecule has 27 heavy (non-hydrogen) atoms. The maximum absolute atomic E-state index is 10.7. The van der Waals surface area contributed by atoms with Gasteiger partial charge < -0.3 is 44.6 Å². The second-order valence-electron chi connectivity index (χ2n) is 2.42. The maximum Gasteiger partial charge on any atom is 2.00 e. The van der Waals surface area contributed by atoms with E-state index in [1.54, 1.807) is 0 Å². The van der Waals surface area contributed by atoms with E-state index in [9.17, 15) is 26.3 Å². The summed E-state index contributed by atoms with van der Waals surface area (Å²) in [6.07, 6.45) is 1.43. The Morgan fingerprint density at radius 3 is 0.963 bits per heavy atom. The third-order valence-electron chi connectivity index (χ3n) is 0.851. The van der Waals surface area contributed by atoms with Crippen LogP contribution in [0.2, 0.25) is 0 Å². The molecular weight excluding hydrogens is 622 g/mol. The molecule has 0 saturated carbocycles. The van der Waals surface area contributed by atoms with Crippen molar-refractivity contribution < 1.29 is 76.8 Å². The molecule has 0 amide bonds. The van der Waals surface area contributed by atoms with Crippen molar-refractivity contribution in [3.05, 3.63) is 12.8 Å². The van der Waals surface area contributed by atoms with Crippen LogP contribution >= 0.6 is 0 Å². The predicted molar refractivity (Wildman–Crippen MR) is 78.4 cm³/mol. The second kappa shape index (κ2) is 21.7. The zero-order chi connectivity index (χ0) is 18.1. The van der Waals surface area contributed by atoms with Gasteiger partial charge in [0, 0.05) is 0 Å². The van der Waals surface area contributed by atoms with Crippen LogP contribution < -0.4 is 30.8 Å². The molecule has 0 aromatic carbocycles. The fourth-order valence-electron chi connectivity index (χ4n) is 0.118. The summed E-state index contributed by atoms with van der Waals surface area (Å²) in [6, 6.07) is 0. The summed E-state index contributed by atoms with van der Waals surface area (Å²) in [7, 11) is -12.2. The molecule has 0 saturated heterocycles. The van der Waals surface area contributed by atoms with Crippen molar-refractivity contribution in [1.29, 1.82) is 0 Å². The summed E-state index contributed by atoms with van der Waals surface area (Å²) >= 11 is 0. The summed E-state index contributed by atoms with van der Waals surface area (Å²) in [4.78, 5) is 0. The molecule has 0 aromatic rings. The van der Waals surface area contributed by atoms with Crippen LogP contribution in [0.5, 0.6) is 0 Å². The Kier molecular flexibility index (Phi) is 45.2. The number of rotatable bonds is 2. The Morgan fingerprint density at radius 2 is 0.963 bits per heavy atom. The minimum Gasteiger partial charge on any atom is -0.741 e. The first kappa shape index (κ1) is 56.3. The van der Waals surface area contributed by atoms with Crippen LogP contribution in [0, 0.1) is 0 Å². The summed E-state index contributed by atoms with van der Waals surface area (Å²) in [5, 5.41) is 0. The van der Waals surface area contributed by atoms with Crippen LogP contribution in [0.15, 0.2) is 12.8 Å². The SMILES string of the molecule is C=COCC.N.N.N.N.N.O=S(=O)([O-])C(F)(F)F.O=S(=O)([O-])C(F)(F)F.[Os+2]. The van der Waals surface area contributed by atoms with Gasteiger partial charge in [-0.3, -0.25) is 0 Å². The van der Waals surface area contributed by atoms with Gasteiger partial charge in [-0.05, 0) is 6.92 Å². The van der Waals surface area contributed by atoms with Crippen LogP contribution in [0.25, 0.3) is 0 Å². The molecular formula is C6H23F6N5O7OsS2. The van der Waals surface area contributed by atoms with E-state index in [2.05, 4.69) is 11.3 Å². The van der Waals surface area contributed by atoms with Crippen molar-refractivity contribution in [3.63, 3.8) is 0 Å². The van der Waals surface area contributed by atoms with Gasteiger partial charge in [0.1, 0.15) is 0 Å². The van der Waals surface area contributed by atoms with Crippen molar-refractivity contribution in [2.75, 3.05) is 6.61 Å². The van der Waals surface area contributed by atoms with Crippen LogP contribution in [0.3, 0.4) is 0 Å². The number of halogens is 6. The largest absolute Gasteiger partial charge is 2.00 e. The molecule has 0 aliphatic heterocycles. The van der Waals surface area contributed by atoms with E-state index in [-0.39, 0.29) is 50.5 Å². The molecule has 0 radical (unpaired) electrons. The molecule has 0 rings (SSSR count). The van der Waals surface area contributed by atoms with E-state index in [0.29, 0.717) is 0 Å². The fourth-order valence-corrected chi connectivity index (χ4v) is 0.118. The zero-order valence-electron chi connectivity index (χ0n) is 13.8. The Labute approximate surface area is 165 Å². The number of ether oxygens (including phenoxy) is 1. The van der Waals surface area contributed by atoms with Crippen LogP contribution in [-0.4, -0.2) is 43.6 Å². The van der Waals surface area contributed by atoms with Crippen molar-refractivity contribution in [2.45, 2.75) is 17.9 Å². The van der Waals surface area contributed by atoms with Crippen molar-refractivity contribution >= 4 is 20.2 Å². The van der Waals surface area contributed by atoms with Gasteiger partial charge in [-0.1, -0.05) is 6.58 Å². The molecule has 0 bridgehead atoms. The van der Waals surface area contributed by atoms with E-state index >= 15 is 0 Å². The van der Waals surface area contributed by atoms with Crippen molar-refractivity contribution in [2.24, 2.45) is 0 Å². The first-order chi connectivity index (χ1) is 8.91. The van der Waals surface area contributed by atoms with Gasteiger partial charge in [-0.25, -0.2) is 16.8 Å². The Morgan fingerprint density at radius 1 is 0.815 bits per heavy atom. The number of alkyl halides is 6. The summed E-state index contributed by atoms with van der Waals surface area (Å²) < 4.78 is 122. The number of hydrogen-bond acceptors (Lipinski definition) is 12. The van der Waals surface area contributed by atoms with Crippen molar-refractivity contribution in [1.82, 2.24) is 30.8 Å². The van der Waals surface area contributed by atoms with Crippen molar-refractivity contribution in [3.8, 4) is 0 Å². The smallest absolute Gasteiger partial charge is 0.741 e. The average molecular weight is 646 g/mol. The van der Waals surface area contributed by atoms with Crippen LogP contribution in [0.4, 0.5) is 26.3 Å². The van der Waals surface area contributed by atoms with Gasteiger partial charge in [0.05, 0.1) is 12.9 Å². The molecule has 0 aliphatic rings.